The lowest BCUT2D eigenvalue weighted by Crippen LogP contribution is -2.43. The molecule has 0 saturated heterocycles. The summed E-state index contributed by atoms with van der Waals surface area (Å²) in [5.41, 5.74) is -0.534. The van der Waals surface area contributed by atoms with Crippen molar-refractivity contribution >= 4 is 17.6 Å². The summed E-state index contributed by atoms with van der Waals surface area (Å²) in [6, 6.07) is 1.95. The molecule has 0 unspecified atom stereocenters. The van der Waals surface area contributed by atoms with E-state index in [1.165, 1.54) is 19.2 Å². The number of carbonyl (C=O) groups excluding carboxylic acids is 1. The maximum absolute atomic E-state index is 11.7. The number of rotatable bonds is 6. The largest absolute Gasteiger partial charge is 0.490 e. The molecule has 1 rings (SSSR count). The van der Waals surface area contributed by atoms with Gasteiger partial charge in [-0.15, -0.1) is 0 Å². The van der Waals surface area contributed by atoms with E-state index >= 15 is 0 Å². The number of carboxylic acid groups (broad SMARTS) is 1. The van der Waals surface area contributed by atoms with Crippen molar-refractivity contribution in [1.29, 1.82) is 0 Å². The summed E-state index contributed by atoms with van der Waals surface area (Å²) in [5, 5.41) is 30.3. The summed E-state index contributed by atoms with van der Waals surface area (Å²) in [6.45, 7) is -0.792. The molecule has 0 saturated carbocycles. The van der Waals surface area contributed by atoms with Gasteiger partial charge in [0.15, 0.2) is 11.8 Å². The first-order valence-corrected chi connectivity index (χ1v) is 5.37. The molecule has 9 heteroatoms. The van der Waals surface area contributed by atoms with Gasteiger partial charge in [-0.1, -0.05) is 0 Å². The van der Waals surface area contributed by atoms with Gasteiger partial charge in [0.1, 0.15) is 0 Å². The summed E-state index contributed by atoms with van der Waals surface area (Å²) >= 11 is 0. The van der Waals surface area contributed by atoms with E-state index in [1.54, 1.807) is 0 Å². The van der Waals surface area contributed by atoms with Crippen molar-refractivity contribution in [2.75, 3.05) is 13.7 Å². The first-order chi connectivity index (χ1) is 9.40. The molecule has 3 N–H and O–H groups in total. The average Bonchev–Trinajstić information content (AvgIpc) is 2.43. The molecule has 108 valence electrons. The normalized spacial score (nSPS) is 11.5. The van der Waals surface area contributed by atoms with E-state index in [0.717, 1.165) is 6.07 Å². The first kappa shape index (κ1) is 15.4. The molecule has 0 aliphatic heterocycles. The summed E-state index contributed by atoms with van der Waals surface area (Å²) in [4.78, 5) is 32.5. The van der Waals surface area contributed by atoms with E-state index in [0.29, 0.717) is 0 Å². The number of nitrogens with one attached hydrogen (secondary N) is 1. The molecule has 1 aromatic carbocycles. The number of hydrogen-bond donors (Lipinski definition) is 3. The zero-order valence-electron chi connectivity index (χ0n) is 10.4. The number of aliphatic hydroxyl groups is 1. The third-order valence-electron chi connectivity index (χ3n) is 2.42. The lowest BCUT2D eigenvalue weighted by Gasteiger charge is -2.11. The maximum atomic E-state index is 11.7. The van der Waals surface area contributed by atoms with Gasteiger partial charge in [0.25, 0.3) is 5.91 Å². The minimum absolute atomic E-state index is 0.0245. The van der Waals surface area contributed by atoms with Gasteiger partial charge in [-0.2, -0.15) is 0 Å². The number of nitrogens with zero attached hydrogens (tertiary/aromatic N) is 1. The van der Waals surface area contributed by atoms with Crippen LogP contribution in [0, 0.1) is 10.1 Å². The number of ether oxygens (including phenoxy) is 1. The van der Waals surface area contributed by atoms with Gasteiger partial charge in [0, 0.05) is 11.6 Å². The highest BCUT2D eigenvalue weighted by Gasteiger charge is 2.22. The molecular weight excluding hydrogens is 272 g/mol. The zero-order valence-corrected chi connectivity index (χ0v) is 10.4. The second-order valence-electron chi connectivity index (χ2n) is 3.69. The van der Waals surface area contributed by atoms with Crippen LogP contribution in [0.3, 0.4) is 0 Å². The van der Waals surface area contributed by atoms with Gasteiger partial charge in [-0.3, -0.25) is 14.9 Å². The molecule has 0 fully saturated rings. The third-order valence-corrected chi connectivity index (χ3v) is 2.42. The number of amides is 1. The van der Waals surface area contributed by atoms with Crippen molar-refractivity contribution in [2.24, 2.45) is 0 Å². The second kappa shape index (κ2) is 6.48. The van der Waals surface area contributed by atoms with Crippen molar-refractivity contribution in [3.05, 3.63) is 33.9 Å². The molecule has 1 aromatic rings. The highest BCUT2D eigenvalue weighted by Crippen LogP contribution is 2.27. The SMILES string of the molecule is COc1ccc(C(=O)N[C@@H](CO)C(=O)O)cc1[N+](=O)[O-]. The smallest absolute Gasteiger partial charge is 0.328 e. The number of carbonyl (C=O) groups is 2. The Balaban J connectivity index is 3.02. The fourth-order valence-electron chi connectivity index (χ4n) is 1.40. The van der Waals surface area contributed by atoms with Crippen LogP contribution >= 0.6 is 0 Å². The fourth-order valence-corrected chi connectivity index (χ4v) is 1.40. The van der Waals surface area contributed by atoms with Crippen LogP contribution in [0.15, 0.2) is 18.2 Å². The molecule has 0 spiro atoms. The minimum atomic E-state index is -1.48. The summed E-state index contributed by atoms with van der Waals surface area (Å²) in [7, 11) is 1.24. The fraction of sp³-hybridized carbons (Fsp3) is 0.273. The van der Waals surface area contributed by atoms with Crippen LogP contribution in [0.4, 0.5) is 5.69 Å². The Hall–Kier alpha value is -2.68. The van der Waals surface area contributed by atoms with Crippen LogP contribution in [-0.2, 0) is 4.79 Å². The lowest BCUT2D eigenvalue weighted by molar-refractivity contribution is -0.385. The topological polar surface area (TPSA) is 139 Å². The molecule has 0 heterocycles. The third kappa shape index (κ3) is 3.42. The van der Waals surface area contributed by atoms with Crippen LogP contribution in [0.2, 0.25) is 0 Å². The molecule has 0 radical (unpaired) electrons. The number of nitro benzene ring substituents is 1. The number of nitro groups is 1. The molecule has 20 heavy (non-hydrogen) atoms. The summed E-state index contributed by atoms with van der Waals surface area (Å²) < 4.78 is 4.77. The predicted octanol–water partition coefficient (Wildman–Crippen LogP) is -0.221. The molecule has 0 aliphatic rings. The van der Waals surface area contributed by atoms with E-state index < -0.39 is 35.1 Å². The summed E-state index contributed by atoms with van der Waals surface area (Å²) in [5.74, 6) is -2.29. The van der Waals surface area contributed by atoms with E-state index in [-0.39, 0.29) is 11.3 Å². The molecule has 0 bridgehead atoms. The monoisotopic (exact) mass is 284 g/mol. The molecule has 1 atom stereocenters. The van der Waals surface area contributed by atoms with Crippen molar-refractivity contribution in [1.82, 2.24) is 5.32 Å². The van der Waals surface area contributed by atoms with E-state index in [4.69, 9.17) is 14.9 Å². The second-order valence-corrected chi connectivity index (χ2v) is 3.69. The Bertz CT molecular complexity index is 544. The number of aliphatic hydroxyl groups excluding tert-OH is 1. The van der Waals surface area contributed by atoms with E-state index in [1.807, 2.05) is 5.32 Å². The maximum Gasteiger partial charge on any atom is 0.328 e. The highest BCUT2D eigenvalue weighted by molar-refractivity contribution is 5.97. The van der Waals surface area contributed by atoms with E-state index in [2.05, 4.69) is 0 Å². The van der Waals surface area contributed by atoms with Gasteiger partial charge in [-0.05, 0) is 12.1 Å². The van der Waals surface area contributed by atoms with Gasteiger partial charge in [0.05, 0.1) is 18.6 Å². The molecule has 0 aliphatic carbocycles. The highest BCUT2D eigenvalue weighted by atomic mass is 16.6. The minimum Gasteiger partial charge on any atom is -0.490 e. The van der Waals surface area contributed by atoms with Gasteiger partial charge in [-0.25, -0.2) is 4.79 Å². The van der Waals surface area contributed by atoms with Crippen LogP contribution in [0.5, 0.6) is 5.75 Å². The number of aliphatic carboxylic acids is 1. The average molecular weight is 284 g/mol. The van der Waals surface area contributed by atoms with Crippen molar-refractivity contribution < 1.29 is 29.5 Å². The number of hydrogen-bond acceptors (Lipinski definition) is 6. The summed E-state index contributed by atoms with van der Waals surface area (Å²) in [6.07, 6.45) is 0. The van der Waals surface area contributed by atoms with Crippen LogP contribution in [-0.4, -0.2) is 46.8 Å². The van der Waals surface area contributed by atoms with Crippen molar-refractivity contribution in [2.45, 2.75) is 6.04 Å². The first-order valence-electron chi connectivity index (χ1n) is 5.37. The predicted molar refractivity (Wildman–Crippen MR) is 65.6 cm³/mol. The zero-order chi connectivity index (χ0) is 15.3. The Kier molecular flexibility index (Phi) is 4.98. The molecule has 9 nitrogen and oxygen atoms in total. The van der Waals surface area contributed by atoms with Crippen LogP contribution < -0.4 is 10.1 Å². The van der Waals surface area contributed by atoms with Crippen molar-refractivity contribution in [3.8, 4) is 5.75 Å². The molecular formula is C11H12N2O7. The lowest BCUT2D eigenvalue weighted by atomic mass is 10.1. The van der Waals surface area contributed by atoms with Crippen molar-refractivity contribution in [3.63, 3.8) is 0 Å². The number of benzene rings is 1. The van der Waals surface area contributed by atoms with Crippen LogP contribution in [0.1, 0.15) is 10.4 Å². The van der Waals surface area contributed by atoms with Gasteiger partial charge < -0.3 is 20.3 Å². The number of carboxylic acids is 1. The Morgan fingerprint density at radius 2 is 2.15 bits per heavy atom. The Morgan fingerprint density at radius 1 is 1.50 bits per heavy atom. The Labute approximate surface area is 112 Å². The van der Waals surface area contributed by atoms with E-state index in [9.17, 15) is 19.7 Å². The molecule has 0 aromatic heterocycles. The Morgan fingerprint density at radius 3 is 2.60 bits per heavy atom. The number of methoxy groups -OCH3 is 1. The quantitative estimate of drug-likeness (QED) is 0.484. The van der Waals surface area contributed by atoms with Crippen LogP contribution in [0.25, 0.3) is 0 Å². The van der Waals surface area contributed by atoms with Gasteiger partial charge in [0.2, 0.25) is 0 Å². The van der Waals surface area contributed by atoms with Gasteiger partial charge >= 0.3 is 11.7 Å². The molecule has 1 amide bonds. The standard InChI is InChI=1S/C11H12N2O7/c1-20-9-3-2-6(4-8(9)13(18)19)10(15)12-7(5-14)11(16)17/h2-4,7,14H,5H2,1H3,(H,12,15)(H,16,17)/t7-/m0/s1.